The standard InChI is InChI=1S/C18H18ClN3O2S/c1-11-6-14(4-5-15(11)19)24-9-13-7-17(25-10-13)18(23)21-16-8-20-22(3)12(16)2/h4-8,10H,9H2,1-3H3,(H,21,23). The number of rotatable bonds is 5. The Morgan fingerprint density at radius 3 is 2.84 bits per heavy atom. The molecule has 0 aliphatic carbocycles. The molecule has 25 heavy (non-hydrogen) atoms. The van der Waals surface area contributed by atoms with Crippen LogP contribution in [-0.4, -0.2) is 15.7 Å². The number of carbonyl (C=O) groups is 1. The average molecular weight is 376 g/mol. The molecule has 3 rings (SSSR count). The molecule has 0 saturated heterocycles. The molecule has 0 radical (unpaired) electrons. The monoisotopic (exact) mass is 375 g/mol. The van der Waals surface area contributed by atoms with E-state index in [-0.39, 0.29) is 5.91 Å². The van der Waals surface area contributed by atoms with Gasteiger partial charge in [0.15, 0.2) is 0 Å². The number of halogens is 1. The number of aromatic nitrogens is 2. The Bertz CT molecular complexity index is 917. The summed E-state index contributed by atoms with van der Waals surface area (Å²) in [5.41, 5.74) is 3.55. The highest BCUT2D eigenvalue weighted by molar-refractivity contribution is 7.12. The molecule has 1 aromatic carbocycles. The predicted octanol–water partition coefficient (Wildman–Crippen LogP) is 4.58. The minimum Gasteiger partial charge on any atom is -0.489 e. The number of anilines is 1. The molecule has 0 aliphatic rings. The number of nitrogens with one attached hydrogen (secondary N) is 1. The summed E-state index contributed by atoms with van der Waals surface area (Å²) in [5.74, 6) is 0.611. The SMILES string of the molecule is Cc1cc(OCc2csc(C(=O)Nc3cnn(C)c3C)c2)ccc1Cl. The van der Waals surface area contributed by atoms with Crippen molar-refractivity contribution in [3.8, 4) is 5.75 Å². The molecule has 0 fully saturated rings. The van der Waals surface area contributed by atoms with Gasteiger partial charge in [-0.2, -0.15) is 5.10 Å². The first-order chi connectivity index (χ1) is 11.9. The van der Waals surface area contributed by atoms with Crippen LogP contribution < -0.4 is 10.1 Å². The minimum atomic E-state index is -0.144. The molecule has 2 aromatic heterocycles. The van der Waals surface area contributed by atoms with E-state index in [9.17, 15) is 4.79 Å². The first-order valence-corrected chi connectivity index (χ1v) is 8.96. The van der Waals surface area contributed by atoms with E-state index in [4.69, 9.17) is 16.3 Å². The summed E-state index contributed by atoms with van der Waals surface area (Å²) in [6.45, 7) is 4.24. The third-order valence-corrected chi connectivity index (χ3v) is 5.30. The van der Waals surface area contributed by atoms with Crippen LogP contribution in [-0.2, 0) is 13.7 Å². The van der Waals surface area contributed by atoms with Gasteiger partial charge in [-0.05, 0) is 49.1 Å². The molecular formula is C18H18ClN3O2S. The van der Waals surface area contributed by atoms with Gasteiger partial charge in [-0.1, -0.05) is 11.6 Å². The molecule has 7 heteroatoms. The van der Waals surface area contributed by atoms with Gasteiger partial charge < -0.3 is 10.1 Å². The Hall–Kier alpha value is -2.31. The van der Waals surface area contributed by atoms with Gasteiger partial charge in [0, 0.05) is 17.6 Å². The van der Waals surface area contributed by atoms with Gasteiger partial charge in [0.2, 0.25) is 0 Å². The molecule has 1 N–H and O–H groups in total. The molecule has 3 aromatic rings. The van der Waals surface area contributed by atoms with Crippen LogP contribution in [0.5, 0.6) is 5.75 Å². The molecule has 5 nitrogen and oxygen atoms in total. The van der Waals surface area contributed by atoms with Crippen molar-refractivity contribution < 1.29 is 9.53 Å². The second-order valence-corrected chi connectivity index (χ2v) is 7.06. The van der Waals surface area contributed by atoms with Gasteiger partial charge >= 0.3 is 0 Å². The zero-order valence-electron chi connectivity index (χ0n) is 14.2. The highest BCUT2D eigenvalue weighted by atomic mass is 35.5. The smallest absolute Gasteiger partial charge is 0.265 e. The highest BCUT2D eigenvalue weighted by Crippen LogP contribution is 2.23. The van der Waals surface area contributed by atoms with Gasteiger partial charge in [-0.15, -0.1) is 11.3 Å². The molecule has 2 heterocycles. The first-order valence-electron chi connectivity index (χ1n) is 7.70. The maximum absolute atomic E-state index is 12.4. The lowest BCUT2D eigenvalue weighted by molar-refractivity contribution is 0.103. The number of aryl methyl sites for hydroxylation is 2. The fourth-order valence-corrected chi connectivity index (χ4v) is 3.16. The fourth-order valence-electron chi connectivity index (χ4n) is 2.25. The van der Waals surface area contributed by atoms with Crippen LogP contribution in [0.15, 0.2) is 35.8 Å². The highest BCUT2D eigenvalue weighted by Gasteiger charge is 2.13. The van der Waals surface area contributed by atoms with Crippen molar-refractivity contribution in [2.24, 2.45) is 7.05 Å². The van der Waals surface area contributed by atoms with Crippen LogP contribution in [0.3, 0.4) is 0 Å². The number of ether oxygens (including phenoxy) is 1. The van der Waals surface area contributed by atoms with Crippen molar-refractivity contribution in [2.75, 3.05) is 5.32 Å². The lowest BCUT2D eigenvalue weighted by Gasteiger charge is -2.06. The number of benzene rings is 1. The number of hydrogen-bond donors (Lipinski definition) is 1. The fraction of sp³-hybridized carbons (Fsp3) is 0.222. The summed E-state index contributed by atoms with van der Waals surface area (Å²) < 4.78 is 7.48. The lowest BCUT2D eigenvalue weighted by atomic mass is 10.2. The summed E-state index contributed by atoms with van der Waals surface area (Å²) in [4.78, 5) is 13.0. The molecule has 0 bridgehead atoms. The van der Waals surface area contributed by atoms with Gasteiger partial charge in [0.05, 0.1) is 22.5 Å². The van der Waals surface area contributed by atoms with E-state index >= 15 is 0 Å². The number of amides is 1. The Balaban J connectivity index is 1.62. The van der Waals surface area contributed by atoms with Crippen molar-refractivity contribution in [3.63, 3.8) is 0 Å². The van der Waals surface area contributed by atoms with Crippen LogP contribution in [0, 0.1) is 13.8 Å². The zero-order chi connectivity index (χ0) is 18.0. The van der Waals surface area contributed by atoms with Crippen LogP contribution in [0.2, 0.25) is 5.02 Å². The maximum atomic E-state index is 12.4. The van der Waals surface area contributed by atoms with E-state index in [1.165, 1.54) is 11.3 Å². The Kier molecular flexibility index (Phi) is 5.11. The Morgan fingerprint density at radius 2 is 2.16 bits per heavy atom. The normalized spacial score (nSPS) is 10.7. The van der Waals surface area contributed by atoms with Crippen LogP contribution in [0.25, 0.3) is 0 Å². The van der Waals surface area contributed by atoms with Crippen molar-refractivity contribution in [2.45, 2.75) is 20.5 Å². The topological polar surface area (TPSA) is 56.1 Å². The van der Waals surface area contributed by atoms with Crippen molar-refractivity contribution in [1.29, 1.82) is 0 Å². The molecule has 0 atom stereocenters. The predicted molar refractivity (Wildman–Crippen MR) is 101 cm³/mol. The molecule has 130 valence electrons. The van der Waals surface area contributed by atoms with E-state index in [1.54, 1.807) is 10.9 Å². The van der Waals surface area contributed by atoms with Gasteiger partial charge in [-0.25, -0.2) is 0 Å². The van der Waals surface area contributed by atoms with Crippen LogP contribution >= 0.6 is 22.9 Å². The Morgan fingerprint density at radius 1 is 1.36 bits per heavy atom. The van der Waals surface area contributed by atoms with E-state index in [2.05, 4.69) is 10.4 Å². The molecule has 0 aliphatic heterocycles. The molecule has 0 unspecified atom stereocenters. The second-order valence-electron chi connectivity index (χ2n) is 5.74. The number of carbonyl (C=O) groups excluding carboxylic acids is 1. The average Bonchev–Trinajstić information content (AvgIpc) is 3.18. The van der Waals surface area contributed by atoms with E-state index in [0.717, 1.165) is 28.3 Å². The van der Waals surface area contributed by atoms with Gasteiger partial charge in [-0.3, -0.25) is 9.48 Å². The van der Waals surface area contributed by atoms with Crippen molar-refractivity contribution in [3.05, 3.63) is 62.6 Å². The molecular weight excluding hydrogens is 358 g/mol. The van der Waals surface area contributed by atoms with Crippen molar-refractivity contribution >= 4 is 34.5 Å². The lowest BCUT2D eigenvalue weighted by Crippen LogP contribution is -2.10. The van der Waals surface area contributed by atoms with Crippen LogP contribution in [0.4, 0.5) is 5.69 Å². The molecule has 0 saturated carbocycles. The van der Waals surface area contributed by atoms with Gasteiger partial charge in [0.25, 0.3) is 5.91 Å². The van der Waals surface area contributed by atoms with Crippen LogP contribution in [0.1, 0.15) is 26.5 Å². The maximum Gasteiger partial charge on any atom is 0.265 e. The summed E-state index contributed by atoms with van der Waals surface area (Å²) in [7, 11) is 1.84. The second kappa shape index (κ2) is 7.29. The summed E-state index contributed by atoms with van der Waals surface area (Å²) in [5, 5.41) is 9.64. The Labute approximate surface area is 155 Å². The molecule has 1 amide bonds. The third kappa shape index (κ3) is 4.03. The number of nitrogens with zero attached hydrogens (tertiary/aromatic N) is 2. The van der Waals surface area contributed by atoms with E-state index in [0.29, 0.717) is 16.5 Å². The third-order valence-electron chi connectivity index (χ3n) is 3.90. The number of thiophene rings is 1. The summed E-state index contributed by atoms with van der Waals surface area (Å²) in [6, 6.07) is 7.39. The molecule has 0 spiro atoms. The quantitative estimate of drug-likeness (QED) is 0.709. The zero-order valence-corrected chi connectivity index (χ0v) is 15.7. The summed E-state index contributed by atoms with van der Waals surface area (Å²) in [6.07, 6.45) is 1.65. The first kappa shape index (κ1) is 17.5. The van der Waals surface area contributed by atoms with E-state index in [1.807, 2.05) is 50.5 Å². The van der Waals surface area contributed by atoms with E-state index < -0.39 is 0 Å². The number of hydrogen-bond acceptors (Lipinski definition) is 4. The minimum absolute atomic E-state index is 0.144. The van der Waals surface area contributed by atoms with Crippen molar-refractivity contribution in [1.82, 2.24) is 9.78 Å². The van der Waals surface area contributed by atoms with Gasteiger partial charge in [0.1, 0.15) is 12.4 Å². The largest absolute Gasteiger partial charge is 0.489 e. The summed E-state index contributed by atoms with van der Waals surface area (Å²) >= 11 is 7.40.